The number of carbonyl (C=O) groups is 1. The number of azide groups is 1. The van der Waals surface area contributed by atoms with E-state index in [1.165, 1.54) is 22.9 Å². The molecule has 2 aliphatic rings. The third-order valence-electron chi connectivity index (χ3n) is 8.20. The molecule has 3 aromatic heterocycles. The minimum absolute atomic E-state index is 0.0897. The average Bonchev–Trinajstić information content (AvgIpc) is 3.53. The van der Waals surface area contributed by atoms with Gasteiger partial charge in [-0.2, -0.15) is 17.6 Å². The first-order chi connectivity index (χ1) is 21.9. The first-order valence-electron chi connectivity index (χ1n) is 14.8. The van der Waals surface area contributed by atoms with Crippen LogP contribution in [0.4, 0.5) is 23.4 Å². The van der Waals surface area contributed by atoms with Crippen LogP contribution in [0.25, 0.3) is 16.3 Å². The molecule has 246 valence electrons. The van der Waals surface area contributed by atoms with Crippen LogP contribution in [0, 0.1) is 23.7 Å². The molecule has 2 fully saturated rings. The SMILES string of the molecule is CC1(C)C[C@H](CCCN=[N+]=[N-])CN1c1nc(-n2ccc(OCCC3CC3C(F)(F)F)n2)ccc1C(=O)NS(=O)c1cccc(F)n1. The molecule has 4 atom stereocenters. The van der Waals surface area contributed by atoms with Crippen molar-refractivity contribution in [3.63, 3.8) is 0 Å². The zero-order valence-electron chi connectivity index (χ0n) is 25.2. The van der Waals surface area contributed by atoms with Crippen LogP contribution in [0.5, 0.6) is 5.88 Å². The molecule has 4 heterocycles. The summed E-state index contributed by atoms with van der Waals surface area (Å²) in [6.07, 6.45) is 0.0542. The Kier molecular flexibility index (Phi) is 9.82. The van der Waals surface area contributed by atoms with Gasteiger partial charge < -0.3 is 9.64 Å². The zero-order chi connectivity index (χ0) is 33.1. The fourth-order valence-electron chi connectivity index (χ4n) is 5.88. The van der Waals surface area contributed by atoms with Gasteiger partial charge in [0.2, 0.25) is 11.8 Å². The number of aromatic nitrogens is 4. The number of nitrogens with zero attached hydrogens (tertiary/aromatic N) is 8. The van der Waals surface area contributed by atoms with Gasteiger partial charge in [0.25, 0.3) is 5.91 Å². The van der Waals surface area contributed by atoms with Gasteiger partial charge in [-0.3, -0.25) is 9.52 Å². The summed E-state index contributed by atoms with van der Waals surface area (Å²) in [5.41, 5.74) is 8.28. The molecular weight excluding hydrogens is 630 g/mol. The molecule has 1 N–H and O–H groups in total. The Morgan fingerprint density at radius 1 is 1.22 bits per heavy atom. The fraction of sp³-hybridized carbons (Fsp3) is 0.517. The summed E-state index contributed by atoms with van der Waals surface area (Å²) >= 11 is 0. The standard InChI is InChI=1S/C29H33F4N9O3S/c1-28(2)16-18(5-4-12-35-40-34)17-41(28)26-20(27(43)39-46(44)25-7-3-6-22(30)36-25)8-9-23(37-26)42-13-10-24(38-42)45-14-11-19-15-21(19)29(31,32)33/h3,6-10,13,18-19,21H,4-5,11-12,14-17H2,1-2H3,(H,39,43)/t18-,19?,21?,46?/m0/s1. The lowest BCUT2D eigenvalue weighted by molar-refractivity contribution is -0.151. The lowest BCUT2D eigenvalue weighted by Gasteiger charge is -2.34. The van der Waals surface area contributed by atoms with Crippen molar-refractivity contribution < 1.29 is 31.3 Å². The van der Waals surface area contributed by atoms with E-state index in [1.807, 2.05) is 18.7 Å². The molecule has 5 rings (SSSR count). The predicted molar refractivity (Wildman–Crippen MR) is 160 cm³/mol. The van der Waals surface area contributed by atoms with E-state index in [0.29, 0.717) is 31.1 Å². The largest absolute Gasteiger partial charge is 0.477 e. The molecule has 0 bridgehead atoms. The molecule has 1 saturated carbocycles. The first-order valence-corrected chi connectivity index (χ1v) is 15.9. The van der Waals surface area contributed by atoms with Gasteiger partial charge in [0.15, 0.2) is 21.8 Å². The highest BCUT2D eigenvalue weighted by Crippen LogP contribution is 2.51. The van der Waals surface area contributed by atoms with Crippen LogP contribution >= 0.6 is 0 Å². The molecule has 1 saturated heterocycles. The van der Waals surface area contributed by atoms with Crippen molar-refractivity contribution in [1.82, 2.24) is 24.5 Å². The number of hydrogen-bond donors (Lipinski definition) is 1. The fourth-order valence-corrected chi connectivity index (χ4v) is 6.63. The number of pyridine rings is 2. The maximum atomic E-state index is 13.6. The number of nitrogens with one attached hydrogen (secondary N) is 1. The van der Waals surface area contributed by atoms with Gasteiger partial charge in [-0.1, -0.05) is 11.2 Å². The molecule has 1 aliphatic heterocycles. The number of hydrogen-bond acceptors (Lipinski definition) is 8. The lowest BCUT2D eigenvalue weighted by atomic mass is 9.93. The second-order valence-corrected chi connectivity index (χ2v) is 13.2. The molecule has 0 spiro atoms. The minimum atomic E-state index is -4.18. The van der Waals surface area contributed by atoms with Gasteiger partial charge in [-0.15, -0.1) is 5.10 Å². The van der Waals surface area contributed by atoms with Gasteiger partial charge in [0.1, 0.15) is 5.82 Å². The molecule has 17 heteroatoms. The predicted octanol–water partition coefficient (Wildman–Crippen LogP) is 5.92. The van der Waals surface area contributed by atoms with E-state index in [0.717, 1.165) is 18.9 Å². The first kappa shape index (κ1) is 33.1. The number of carbonyl (C=O) groups excluding carboxylic acids is 1. The number of ether oxygens (including phenoxy) is 1. The number of halogens is 4. The van der Waals surface area contributed by atoms with Gasteiger partial charge in [-0.05, 0) is 87.6 Å². The summed E-state index contributed by atoms with van der Waals surface area (Å²) in [6.45, 7) is 5.05. The summed E-state index contributed by atoms with van der Waals surface area (Å²) in [7, 11) is -2.15. The second kappa shape index (κ2) is 13.6. The normalized spacial score (nSPS) is 21.0. The van der Waals surface area contributed by atoms with Crippen LogP contribution in [0.2, 0.25) is 0 Å². The molecule has 1 aliphatic carbocycles. The van der Waals surface area contributed by atoms with Crippen LogP contribution in [-0.4, -0.2) is 61.3 Å². The van der Waals surface area contributed by atoms with Crippen molar-refractivity contribution >= 4 is 22.7 Å². The smallest absolute Gasteiger partial charge is 0.392 e. The molecule has 0 aromatic carbocycles. The molecule has 3 aromatic rings. The van der Waals surface area contributed by atoms with Crippen molar-refractivity contribution in [2.24, 2.45) is 22.9 Å². The van der Waals surface area contributed by atoms with Crippen molar-refractivity contribution in [3.8, 4) is 11.7 Å². The van der Waals surface area contributed by atoms with E-state index < -0.39 is 46.4 Å². The van der Waals surface area contributed by atoms with Crippen LogP contribution in [0.3, 0.4) is 0 Å². The van der Waals surface area contributed by atoms with E-state index in [-0.39, 0.29) is 41.8 Å². The van der Waals surface area contributed by atoms with E-state index in [4.69, 9.17) is 15.3 Å². The van der Waals surface area contributed by atoms with Crippen LogP contribution in [0.15, 0.2) is 52.7 Å². The molecular formula is C29H33F4N9O3S. The summed E-state index contributed by atoms with van der Waals surface area (Å²) in [4.78, 5) is 26.7. The quantitative estimate of drug-likeness (QED) is 0.0596. The van der Waals surface area contributed by atoms with Crippen LogP contribution in [0.1, 0.15) is 56.3 Å². The summed E-state index contributed by atoms with van der Waals surface area (Å²) in [5, 5.41) is 7.83. The Balaban J connectivity index is 1.36. The highest BCUT2D eigenvalue weighted by molar-refractivity contribution is 7.83. The monoisotopic (exact) mass is 663 g/mol. The molecule has 12 nitrogen and oxygen atoms in total. The molecule has 46 heavy (non-hydrogen) atoms. The average molecular weight is 664 g/mol. The van der Waals surface area contributed by atoms with E-state index in [2.05, 4.69) is 24.8 Å². The summed E-state index contributed by atoms with van der Waals surface area (Å²) < 4.78 is 74.4. The van der Waals surface area contributed by atoms with Gasteiger partial charge >= 0.3 is 6.18 Å². The molecule has 1 amide bonds. The van der Waals surface area contributed by atoms with E-state index in [9.17, 15) is 26.6 Å². The Morgan fingerprint density at radius 2 is 2.02 bits per heavy atom. The number of rotatable bonds is 13. The highest BCUT2D eigenvalue weighted by Gasteiger charge is 2.55. The Bertz CT molecular complexity index is 1640. The van der Waals surface area contributed by atoms with Crippen molar-refractivity contribution in [3.05, 3.63) is 64.5 Å². The van der Waals surface area contributed by atoms with Crippen LogP contribution < -0.4 is 14.4 Å². The van der Waals surface area contributed by atoms with E-state index >= 15 is 0 Å². The third kappa shape index (κ3) is 7.94. The number of amides is 1. The summed E-state index contributed by atoms with van der Waals surface area (Å²) in [5.74, 6) is -2.17. The van der Waals surface area contributed by atoms with Gasteiger partial charge in [0.05, 0.1) is 18.1 Å². The van der Waals surface area contributed by atoms with Gasteiger partial charge in [0, 0.05) is 35.8 Å². The number of alkyl halides is 3. The van der Waals surface area contributed by atoms with Crippen molar-refractivity contribution in [2.45, 2.75) is 62.7 Å². The van der Waals surface area contributed by atoms with Gasteiger partial charge in [-0.25, -0.2) is 18.9 Å². The minimum Gasteiger partial charge on any atom is -0.477 e. The molecule has 3 unspecified atom stereocenters. The Morgan fingerprint density at radius 3 is 2.74 bits per heavy atom. The van der Waals surface area contributed by atoms with Crippen molar-refractivity contribution in [1.29, 1.82) is 0 Å². The topological polar surface area (TPSA) is 151 Å². The van der Waals surface area contributed by atoms with E-state index in [1.54, 1.807) is 18.3 Å². The maximum absolute atomic E-state index is 13.6. The maximum Gasteiger partial charge on any atom is 0.392 e. The molecule has 0 radical (unpaired) electrons. The Labute approximate surface area is 264 Å². The number of anilines is 1. The highest BCUT2D eigenvalue weighted by atomic mass is 32.2. The Hall–Kier alpha value is -4.24. The van der Waals surface area contributed by atoms with Crippen molar-refractivity contribution in [2.75, 3.05) is 24.6 Å². The summed E-state index contributed by atoms with van der Waals surface area (Å²) in [6, 6.07) is 8.43. The lowest BCUT2D eigenvalue weighted by Crippen LogP contribution is -2.40. The third-order valence-corrected chi connectivity index (χ3v) is 9.18. The van der Waals surface area contributed by atoms with Crippen LogP contribution in [-0.2, 0) is 11.0 Å². The second-order valence-electron chi connectivity index (χ2n) is 12.0. The zero-order valence-corrected chi connectivity index (χ0v) is 26.0.